The minimum absolute atomic E-state index is 0.219. The molecule has 0 radical (unpaired) electrons. The summed E-state index contributed by atoms with van der Waals surface area (Å²) in [5.74, 6) is 1.62. The standard InChI is InChI=1S/C14H13N3O3/c1-9-4-3-5-10(2)13(9)19-7-12-16-14(17-20-12)11-6-18-8-15-11/h3-6,8H,7H2,1-2H3. The molecule has 0 atom stereocenters. The molecule has 6 nitrogen and oxygen atoms in total. The quantitative estimate of drug-likeness (QED) is 0.726. The minimum Gasteiger partial charge on any atom is -0.483 e. The van der Waals surface area contributed by atoms with Gasteiger partial charge >= 0.3 is 0 Å². The topological polar surface area (TPSA) is 74.2 Å². The summed E-state index contributed by atoms with van der Waals surface area (Å²) >= 11 is 0. The molecule has 6 heteroatoms. The maximum absolute atomic E-state index is 5.74. The fourth-order valence-electron chi connectivity index (χ4n) is 1.90. The number of rotatable bonds is 4. The van der Waals surface area contributed by atoms with Crippen LogP contribution in [0.3, 0.4) is 0 Å². The molecule has 0 aliphatic carbocycles. The van der Waals surface area contributed by atoms with E-state index in [1.807, 2.05) is 32.0 Å². The molecular weight excluding hydrogens is 258 g/mol. The summed E-state index contributed by atoms with van der Waals surface area (Å²) in [4.78, 5) is 8.16. The lowest BCUT2D eigenvalue weighted by molar-refractivity contribution is 0.240. The first-order chi connectivity index (χ1) is 9.74. The van der Waals surface area contributed by atoms with Crippen LogP contribution in [0.25, 0.3) is 11.5 Å². The van der Waals surface area contributed by atoms with Gasteiger partial charge in [0.25, 0.3) is 5.89 Å². The third-order valence-corrected chi connectivity index (χ3v) is 2.88. The lowest BCUT2D eigenvalue weighted by Gasteiger charge is -2.09. The van der Waals surface area contributed by atoms with Gasteiger partial charge < -0.3 is 13.7 Å². The molecule has 3 aromatic rings. The second-order valence-electron chi connectivity index (χ2n) is 4.40. The SMILES string of the molecule is Cc1cccc(C)c1OCc1nc(-c2cocn2)no1. The molecule has 0 saturated carbocycles. The molecule has 0 aliphatic heterocycles. The van der Waals surface area contributed by atoms with Gasteiger partial charge in [0.1, 0.15) is 17.7 Å². The summed E-state index contributed by atoms with van der Waals surface area (Å²) < 4.78 is 15.7. The number of aromatic nitrogens is 3. The number of aryl methyl sites for hydroxylation is 2. The van der Waals surface area contributed by atoms with Gasteiger partial charge in [0, 0.05) is 0 Å². The molecule has 2 heterocycles. The van der Waals surface area contributed by atoms with E-state index in [9.17, 15) is 0 Å². The average molecular weight is 271 g/mol. The van der Waals surface area contributed by atoms with E-state index in [-0.39, 0.29) is 6.61 Å². The van der Waals surface area contributed by atoms with Gasteiger partial charge in [-0.3, -0.25) is 0 Å². The zero-order valence-electron chi connectivity index (χ0n) is 11.2. The van der Waals surface area contributed by atoms with Crippen molar-refractivity contribution in [2.45, 2.75) is 20.5 Å². The Balaban J connectivity index is 1.73. The van der Waals surface area contributed by atoms with Gasteiger partial charge in [0.05, 0.1) is 0 Å². The van der Waals surface area contributed by atoms with Crippen molar-refractivity contribution in [3.8, 4) is 17.3 Å². The van der Waals surface area contributed by atoms with E-state index in [0.717, 1.165) is 16.9 Å². The molecule has 3 rings (SSSR count). The second kappa shape index (κ2) is 5.16. The normalized spacial score (nSPS) is 10.7. The molecule has 0 bridgehead atoms. The van der Waals surface area contributed by atoms with Crippen molar-refractivity contribution in [3.05, 3.63) is 47.9 Å². The number of ether oxygens (including phenoxy) is 1. The summed E-state index contributed by atoms with van der Waals surface area (Å²) in [6, 6.07) is 5.99. The molecule has 0 spiro atoms. The minimum atomic E-state index is 0.219. The van der Waals surface area contributed by atoms with E-state index >= 15 is 0 Å². The predicted molar refractivity (Wildman–Crippen MR) is 70.0 cm³/mol. The highest BCUT2D eigenvalue weighted by Gasteiger charge is 2.12. The maximum atomic E-state index is 5.74. The Morgan fingerprint density at radius 3 is 2.70 bits per heavy atom. The molecule has 102 valence electrons. The van der Waals surface area contributed by atoms with Crippen LogP contribution in [-0.4, -0.2) is 15.1 Å². The first-order valence-electron chi connectivity index (χ1n) is 6.14. The Hall–Kier alpha value is -2.63. The molecule has 20 heavy (non-hydrogen) atoms. The summed E-state index contributed by atoms with van der Waals surface area (Å²) in [5.41, 5.74) is 2.68. The Morgan fingerprint density at radius 2 is 2.00 bits per heavy atom. The third-order valence-electron chi connectivity index (χ3n) is 2.88. The zero-order chi connectivity index (χ0) is 13.9. The largest absolute Gasteiger partial charge is 0.483 e. The summed E-state index contributed by atoms with van der Waals surface area (Å²) in [5, 5.41) is 3.83. The summed E-state index contributed by atoms with van der Waals surface area (Å²) in [6.07, 6.45) is 2.78. The van der Waals surface area contributed by atoms with Gasteiger partial charge in [-0.1, -0.05) is 23.4 Å². The number of benzene rings is 1. The predicted octanol–water partition coefficient (Wildman–Crippen LogP) is 2.92. The first-order valence-corrected chi connectivity index (χ1v) is 6.14. The van der Waals surface area contributed by atoms with Crippen molar-refractivity contribution in [3.63, 3.8) is 0 Å². The Kier molecular flexibility index (Phi) is 3.20. The van der Waals surface area contributed by atoms with Crippen LogP contribution in [0, 0.1) is 13.8 Å². The average Bonchev–Trinajstić information content (AvgIpc) is 3.09. The molecule has 0 fully saturated rings. The number of hydrogen-bond donors (Lipinski definition) is 0. The van der Waals surface area contributed by atoms with E-state index in [1.165, 1.54) is 12.7 Å². The van der Waals surface area contributed by atoms with Gasteiger partial charge in [-0.05, 0) is 25.0 Å². The summed E-state index contributed by atoms with van der Waals surface area (Å²) in [7, 11) is 0. The van der Waals surface area contributed by atoms with Gasteiger partial charge in [-0.25, -0.2) is 4.98 Å². The summed E-state index contributed by atoms with van der Waals surface area (Å²) in [6.45, 7) is 4.21. The molecule has 0 N–H and O–H groups in total. The van der Waals surface area contributed by atoms with Gasteiger partial charge in [0.15, 0.2) is 13.0 Å². The van der Waals surface area contributed by atoms with E-state index < -0.39 is 0 Å². The zero-order valence-corrected chi connectivity index (χ0v) is 11.2. The van der Waals surface area contributed by atoms with Crippen molar-refractivity contribution < 1.29 is 13.7 Å². The molecule has 1 aromatic carbocycles. The number of hydrogen-bond acceptors (Lipinski definition) is 6. The Labute approximate surface area is 115 Å². The van der Waals surface area contributed by atoms with Crippen molar-refractivity contribution >= 4 is 0 Å². The van der Waals surface area contributed by atoms with Crippen molar-refractivity contribution in [2.24, 2.45) is 0 Å². The highest BCUT2D eigenvalue weighted by Crippen LogP contribution is 2.23. The molecule has 2 aromatic heterocycles. The highest BCUT2D eigenvalue weighted by molar-refractivity contribution is 5.45. The van der Waals surface area contributed by atoms with Crippen LogP contribution in [0.2, 0.25) is 0 Å². The second-order valence-corrected chi connectivity index (χ2v) is 4.40. The van der Waals surface area contributed by atoms with Crippen molar-refractivity contribution in [2.75, 3.05) is 0 Å². The molecular formula is C14H13N3O3. The van der Waals surface area contributed by atoms with E-state index in [2.05, 4.69) is 15.1 Å². The van der Waals surface area contributed by atoms with Crippen LogP contribution in [-0.2, 0) is 6.61 Å². The van der Waals surface area contributed by atoms with Gasteiger partial charge in [0.2, 0.25) is 5.82 Å². The van der Waals surface area contributed by atoms with Crippen LogP contribution in [0.1, 0.15) is 17.0 Å². The molecule has 0 aliphatic rings. The fourth-order valence-corrected chi connectivity index (χ4v) is 1.90. The van der Waals surface area contributed by atoms with E-state index in [0.29, 0.717) is 17.4 Å². The van der Waals surface area contributed by atoms with Crippen LogP contribution >= 0.6 is 0 Å². The molecule has 0 saturated heterocycles. The Morgan fingerprint density at radius 1 is 1.20 bits per heavy atom. The van der Waals surface area contributed by atoms with Gasteiger partial charge in [-0.2, -0.15) is 4.98 Å². The number of oxazole rings is 1. The van der Waals surface area contributed by atoms with Crippen molar-refractivity contribution in [1.82, 2.24) is 15.1 Å². The fraction of sp³-hybridized carbons (Fsp3) is 0.214. The van der Waals surface area contributed by atoms with E-state index in [4.69, 9.17) is 13.7 Å². The van der Waals surface area contributed by atoms with Crippen LogP contribution in [0.15, 0.2) is 39.8 Å². The highest BCUT2D eigenvalue weighted by atomic mass is 16.5. The van der Waals surface area contributed by atoms with Crippen LogP contribution in [0.4, 0.5) is 0 Å². The van der Waals surface area contributed by atoms with Crippen molar-refractivity contribution in [1.29, 1.82) is 0 Å². The van der Waals surface area contributed by atoms with E-state index in [1.54, 1.807) is 0 Å². The number of para-hydroxylation sites is 1. The number of nitrogens with zero attached hydrogens (tertiary/aromatic N) is 3. The Bertz CT molecular complexity index is 684. The van der Waals surface area contributed by atoms with Crippen LogP contribution in [0.5, 0.6) is 5.75 Å². The smallest absolute Gasteiger partial charge is 0.264 e. The molecule has 0 unspecified atom stereocenters. The first kappa shape index (κ1) is 12.4. The van der Waals surface area contributed by atoms with Crippen LogP contribution < -0.4 is 4.74 Å². The maximum Gasteiger partial charge on any atom is 0.264 e. The molecule has 0 amide bonds. The van der Waals surface area contributed by atoms with Gasteiger partial charge in [-0.15, -0.1) is 0 Å². The monoisotopic (exact) mass is 271 g/mol. The third kappa shape index (κ3) is 2.40. The lowest BCUT2D eigenvalue weighted by atomic mass is 10.1. The lowest BCUT2D eigenvalue weighted by Crippen LogP contribution is -1.99.